The fraction of sp³-hybridized carbons (Fsp3) is 0.182. The predicted octanol–water partition coefficient (Wildman–Crippen LogP) is 1.08. The summed E-state index contributed by atoms with van der Waals surface area (Å²) in [6.45, 7) is 3.52. The van der Waals surface area contributed by atoms with E-state index in [2.05, 4.69) is 10.1 Å². The topological polar surface area (TPSA) is 124 Å². The Morgan fingerprint density at radius 3 is 2.74 bits per heavy atom. The molecule has 0 amide bonds. The fourth-order valence-corrected chi connectivity index (χ4v) is 1.86. The van der Waals surface area contributed by atoms with Crippen LogP contribution in [0.1, 0.15) is 17.0 Å². The molecular weight excluding hydrogens is 248 g/mol. The molecule has 0 spiro atoms. The summed E-state index contributed by atoms with van der Waals surface area (Å²) in [6.07, 6.45) is 2.43. The molecule has 0 fully saturated rings. The van der Waals surface area contributed by atoms with Gasteiger partial charge in [0.2, 0.25) is 0 Å². The van der Waals surface area contributed by atoms with Crippen molar-refractivity contribution in [1.82, 2.24) is 14.8 Å². The van der Waals surface area contributed by atoms with Crippen LogP contribution < -0.4 is 5.73 Å². The number of nitrogens with one attached hydrogen (secondary N) is 1. The minimum atomic E-state index is -0.530. The van der Waals surface area contributed by atoms with Gasteiger partial charge in [-0.15, -0.1) is 0 Å². The lowest BCUT2D eigenvalue weighted by molar-refractivity contribution is -0.384. The van der Waals surface area contributed by atoms with E-state index in [0.717, 1.165) is 11.9 Å². The van der Waals surface area contributed by atoms with Crippen LogP contribution in [0.3, 0.4) is 0 Å². The van der Waals surface area contributed by atoms with Gasteiger partial charge < -0.3 is 5.73 Å². The van der Waals surface area contributed by atoms with Crippen LogP contribution in [0.15, 0.2) is 18.5 Å². The zero-order valence-corrected chi connectivity index (χ0v) is 10.4. The number of hydrogen-bond donors (Lipinski definition) is 2. The van der Waals surface area contributed by atoms with E-state index in [0.29, 0.717) is 16.9 Å². The van der Waals surface area contributed by atoms with Crippen LogP contribution in [0, 0.1) is 29.4 Å². The molecule has 0 saturated heterocycles. The van der Waals surface area contributed by atoms with Gasteiger partial charge in [-0.25, -0.2) is 4.68 Å². The quantitative estimate of drug-likeness (QED) is 0.370. The lowest BCUT2D eigenvalue weighted by Gasteiger charge is -2.11. The number of aromatic nitrogens is 3. The molecule has 0 radical (unpaired) electrons. The molecule has 3 N–H and O–H groups in total. The molecular formula is C11H12N6O2. The largest absolute Gasteiger partial charge is 0.384 e. The summed E-state index contributed by atoms with van der Waals surface area (Å²) in [4.78, 5) is 14.4. The molecule has 0 aliphatic heterocycles. The van der Waals surface area contributed by atoms with E-state index in [1.165, 1.54) is 10.9 Å². The highest BCUT2D eigenvalue weighted by Crippen LogP contribution is 2.20. The molecule has 0 aromatic carbocycles. The van der Waals surface area contributed by atoms with E-state index < -0.39 is 4.92 Å². The van der Waals surface area contributed by atoms with Crippen molar-refractivity contribution in [3.63, 3.8) is 0 Å². The molecule has 8 heteroatoms. The average Bonchev–Trinajstić information content (AvgIpc) is 2.76. The molecule has 2 aromatic heterocycles. The zero-order valence-electron chi connectivity index (χ0n) is 10.4. The van der Waals surface area contributed by atoms with Crippen molar-refractivity contribution in [3.05, 3.63) is 45.5 Å². The summed E-state index contributed by atoms with van der Waals surface area (Å²) >= 11 is 0. The molecule has 2 heterocycles. The minimum Gasteiger partial charge on any atom is -0.384 e. The van der Waals surface area contributed by atoms with Crippen molar-refractivity contribution in [2.75, 3.05) is 0 Å². The van der Waals surface area contributed by atoms with Crippen LogP contribution in [0.5, 0.6) is 0 Å². The number of amidine groups is 1. The van der Waals surface area contributed by atoms with E-state index in [4.69, 9.17) is 11.1 Å². The summed E-state index contributed by atoms with van der Waals surface area (Å²) in [5, 5.41) is 22.2. The summed E-state index contributed by atoms with van der Waals surface area (Å²) in [7, 11) is 0. The molecule has 0 aliphatic rings. The Morgan fingerprint density at radius 2 is 2.21 bits per heavy atom. The first-order valence-electron chi connectivity index (χ1n) is 5.42. The van der Waals surface area contributed by atoms with Gasteiger partial charge in [0.25, 0.3) is 0 Å². The molecule has 19 heavy (non-hydrogen) atoms. The summed E-state index contributed by atoms with van der Waals surface area (Å²) in [5.41, 5.74) is 7.64. The van der Waals surface area contributed by atoms with E-state index in [9.17, 15) is 10.1 Å². The Bertz CT molecular complexity index is 676. The molecule has 98 valence electrons. The molecule has 2 rings (SSSR count). The number of nitrogens with two attached hydrogens (primary N) is 1. The lowest BCUT2D eigenvalue weighted by atomic mass is 10.1. The van der Waals surface area contributed by atoms with Crippen LogP contribution in [-0.4, -0.2) is 25.5 Å². The highest BCUT2D eigenvalue weighted by Gasteiger charge is 2.16. The van der Waals surface area contributed by atoms with E-state index in [-0.39, 0.29) is 11.5 Å². The Balaban J connectivity index is 2.66. The minimum absolute atomic E-state index is 0.123. The smallest absolute Gasteiger partial charge is 0.307 e. The Hall–Kier alpha value is -2.77. The van der Waals surface area contributed by atoms with Crippen molar-refractivity contribution in [2.24, 2.45) is 5.73 Å². The lowest BCUT2D eigenvalue weighted by Crippen LogP contribution is -2.18. The van der Waals surface area contributed by atoms with Crippen molar-refractivity contribution < 1.29 is 4.92 Å². The Labute approximate surface area is 108 Å². The maximum Gasteiger partial charge on any atom is 0.307 e. The highest BCUT2D eigenvalue weighted by molar-refractivity contribution is 5.99. The maximum absolute atomic E-state index is 10.7. The van der Waals surface area contributed by atoms with Crippen LogP contribution in [0.25, 0.3) is 5.69 Å². The van der Waals surface area contributed by atoms with Crippen LogP contribution in [0.2, 0.25) is 0 Å². The summed E-state index contributed by atoms with van der Waals surface area (Å²) < 4.78 is 1.33. The van der Waals surface area contributed by atoms with Gasteiger partial charge in [0.1, 0.15) is 18.2 Å². The number of hydrogen-bond acceptors (Lipinski definition) is 5. The van der Waals surface area contributed by atoms with Crippen molar-refractivity contribution >= 4 is 11.5 Å². The zero-order chi connectivity index (χ0) is 14.2. The van der Waals surface area contributed by atoms with Crippen molar-refractivity contribution in [1.29, 1.82) is 5.41 Å². The number of nitrogen functional groups attached to an aromatic ring is 1. The number of aryl methyl sites for hydroxylation is 2. The molecule has 2 aromatic rings. The van der Waals surface area contributed by atoms with Crippen molar-refractivity contribution in [2.45, 2.75) is 13.8 Å². The number of rotatable bonds is 3. The van der Waals surface area contributed by atoms with Gasteiger partial charge in [-0.1, -0.05) is 0 Å². The second kappa shape index (κ2) is 4.48. The van der Waals surface area contributed by atoms with Gasteiger partial charge in [0.15, 0.2) is 0 Å². The van der Waals surface area contributed by atoms with E-state index >= 15 is 0 Å². The average molecular weight is 260 g/mol. The third kappa shape index (κ3) is 2.28. The van der Waals surface area contributed by atoms with Crippen LogP contribution in [0.4, 0.5) is 5.69 Å². The SMILES string of the molecule is Cc1cc(-n2cc([N+](=O)[O-])cn2)c(C(=N)N)c(C)n1. The standard InChI is InChI=1S/C11H12N6O2/c1-6-3-9(10(11(12)13)7(2)15-6)16-5-8(4-14-16)17(18)19/h3-5H,1-2H3,(H3,12,13). The third-order valence-electron chi connectivity index (χ3n) is 2.60. The van der Waals surface area contributed by atoms with Gasteiger partial charge in [-0.2, -0.15) is 5.10 Å². The molecule has 0 bridgehead atoms. The predicted molar refractivity (Wildman–Crippen MR) is 68.5 cm³/mol. The first-order valence-corrected chi connectivity index (χ1v) is 5.42. The number of pyridine rings is 1. The van der Waals surface area contributed by atoms with E-state index in [1.54, 1.807) is 19.9 Å². The maximum atomic E-state index is 10.7. The highest BCUT2D eigenvalue weighted by atomic mass is 16.6. The first kappa shape index (κ1) is 12.7. The normalized spacial score (nSPS) is 10.4. The second-order valence-corrected chi connectivity index (χ2v) is 4.06. The molecule has 0 saturated carbocycles. The molecule has 0 atom stereocenters. The second-order valence-electron chi connectivity index (χ2n) is 4.06. The van der Waals surface area contributed by atoms with Crippen LogP contribution in [-0.2, 0) is 0 Å². The third-order valence-corrected chi connectivity index (χ3v) is 2.60. The molecule has 0 unspecified atom stereocenters. The van der Waals surface area contributed by atoms with Gasteiger partial charge in [0.05, 0.1) is 21.9 Å². The Kier molecular flexibility index (Phi) is 2.99. The first-order chi connectivity index (χ1) is 8.90. The number of nitrogens with zero attached hydrogens (tertiary/aromatic N) is 4. The fourth-order valence-electron chi connectivity index (χ4n) is 1.86. The molecule has 0 aliphatic carbocycles. The number of nitro groups is 1. The Morgan fingerprint density at radius 1 is 1.53 bits per heavy atom. The van der Waals surface area contributed by atoms with Gasteiger partial charge in [-0.05, 0) is 19.9 Å². The van der Waals surface area contributed by atoms with Crippen LogP contribution >= 0.6 is 0 Å². The van der Waals surface area contributed by atoms with Gasteiger partial charge in [0, 0.05) is 5.69 Å². The van der Waals surface area contributed by atoms with Gasteiger partial charge >= 0.3 is 5.69 Å². The summed E-state index contributed by atoms with van der Waals surface area (Å²) in [6, 6.07) is 1.68. The molecule has 8 nitrogen and oxygen atoms in total. The van der Waals surface area contributed by atoms with Crippen molar-refractivity contribution in [3.8, 4) is 5.69 Å². The summed E-state index contributed by atoms with van der Waals surface area (Å²) in [5.74, 6) is -0.154. The van der Waals surface area contributed by atoms with Gasteiger partial charge in [-0.3, -0.25) is 20.5 Å². The van der Waals surface area contributed by atoms with E-state index in [1.807, 2.05) is 0 Å². The monoisotopic (exact) mass is 260 g/mol.